The van der Waals surface area contributed by atoms with E-state index < -0.39 is 0 Å². The van der Waals surface area contributed by atoms with Crippen molar-refractivity contribution in [2.45, 2.75) is 20.3 Å². The number of aryl methyl sites for hydroxylation is 1. The SMILES string of the molecule is CCc1c(C)[nH]c2c(-c3cnn(-c4nccc5ccccc45)c3)cnn2c1=O. The lowest BCUT2D eigenvalue weighted by molar-refractivity contribution is 0.853. The molecule has 1 aromatic carbocycles. The first-order valence-electron chi connectivity index (χ1n) is 9.16. The van der Waals surface area contributed by atoms with Crippen molar-refractivity contribution >= 4 is 16.4 Å². The lowest BCUT2D eigenvalue weighted by atomic mass is 10.1. The summed E-state index contributed by atoms with van der Waals surface area (Å²) in [4.78, 5) is 20.5. The molecule has 5 aromatic rings. The summed E-state index contributed by atoms with van der Waals surface area (Å²) in [6.45, 7) is 3.88. The predicted molar refractivity (Wildman–Crippen MR) is 108 cm³/mol. The minimum atomic E-state index is -0.0805. The van der Waals surface area contributed by atoms with Gasteiger partial charge in [-0.1, -0.05) is 31.2 Å². The molecule has 7 heteroatoms. The maximum Gasteiger partial charge on any atom is 0.277 e. The van der Waals surface area contributed by atoms with Crippen molar-refractivity contribution in [3.8, 4) is 16.9 Å². The van der Waals surface area contributed by atoms with Crippen molar-refractivity contribution in [3.05, 3.63) is 76.7 Å². The minimum absolute atomic E-state index is 0.0805. The first-order valence-corrected chi connectivity index (χ1v) is 9.16. The number of hydrogen-bond donors (Lipinski definition) is 1. The largest absolute Gasteiger partial charge is 0.343 e. The second kappa shape index (κ2) is 6.16. The van der Waals surface area contributed by atoms with Crippen LogP contribution in [0.3, 0.4) is 0 Å². The number of aromatic amines is 1. The molecule has 5 rings (SSSR count). The van der Waals surface area contributed by atoms with Crippen molar-refractivity contribution in [2.24, 2.45) is 0 Å². The third-order valence-electron chi connectivity index (χ3n) is 5.10. The van der Waals surface area contributed by atoms with E-state index in [9.17, 15) is 4.79 Å². The van der Waals surface area contributed by atoms with Crippen LogP contribution in [0.1, 0.15) is 18.2 Å². The molecule has 0 aliphatic carbocycles. The molecule has 0 atom stereocenters. The molecule has 0 aliphatic heterocycles. The van der Waals surface area contributed by atoms with E-state index in [2.05, 4.69) is 26.2 Å². The number of aromatic nitrogens is 6. The van der Waals surface area contributed by atoms with Gasteiger partial charge in [-0.15, -0.1) is 0 Å². The van der Waals surface area contributed by atoms with Gasteiger partial charge in [0.1, 0.15) is 5.65 Å². The molecule has 4 heterocycles. The summed E-state index contributed by atoms with van der Waals surface area (Å²) in [5.74, 6) is 0.763. The van der Waals surface area contributed by atoms with Crippen molar-refractivity contribution in [2.75, 3.05) is 0 Å². The highest BCUT2D eigenvalue weighted by molar-refractivity contribution is 5.88. The van der Waals surface area contributed by atoms with Crippen LogP contribution in [0.2, 0.25) is 0 Å². The summed E-state index contributed by atoms with van der Waals surface area (Å²) < 4.78 is 3.18. The second-order valence-electron chi connectivity index (χ2n) is 6.74. The Morgan fingerprint density at radius 3 is 2.82 bits per heavy atom. The zero-order valence-corrected chi connectivity index (χ0v) is 15.5. The fraction of sp³-hybridized carbons (Fsp3) is 0.143. The Morgan fingerprint density at radius 1 is 1.11 bits per heavy atom. The van der Waals surface area contributed by atoms with E-state index in [1.54, 1.807) is 23.3 Å². The van der Waals surface area contributed by atoms with Gasteiger partial charge in [0, 0.05) is 40.2 Å². The highest BCUT2D eigenvalue weighted by Crippen LogP contribution is 2.25. The van der Waals surface area contributed by atoms with E-state index in [1.807, 2.05) is 44.3 Å². The van der Waals surface area contributed by atoms with Gasteiger partial charge in [-0.05, 0) is 24.8 Å². The lowest BCUT2D eigenvalue weighted by Crippen LogP contribution is -2.21. The summed E-state index contributed by atoms with van der Waals surface area (Å²) in [5.41, 5.74) is 3.90. The minimum Gasteiger partial charge on any atom is -0.343 e. The average Bonchev–Trinajstić information content (AvgIpc) is 3.35. The van der Waals surface area contributed by atoms with Gasteiger partial charge in [0.2, 0.25) is 0 Å². The van der Waals surface area contributed by atoms with E-state index in [1.165, 1.54) is 4.52 Å². The zero-order valence-electron chi connectivity index (χ0n) is 15.5. The van der Waals surface area contributed by atoms with Crippen LogP contribution in [0.4, 0.5) is 0 Å². The van der Waals surface area contributed by atoms with Gasteiger partial charge in [0.15, 0.2) is 5.82 Å². The highest BCUT2D eigenvalue weighted by Gasteiger charge is 2.15. The zero-order chi connectivity index (χ0) is 19.3. The van der Waals surface area contributed by atoms with Crippen molar-refractivity contribution in [1.29, 1.82) is 0 Å². The molecule has 7 nitrogen and oxygen atoms in total. The van der Waals surface area contributed by atoms with Crippen LogP contribution in [0.25, 0.3) is 33.4 Å². The van der Waals surface area contributed by atoms with Crippen molar-refractivity contribution in [1.82, 2.24) is 29.4 Å². The van der Waals surface area contributed by atoms with Gasteiger partial charge < -0.3 is 4.98 Å². The maximum atomic E-state index is 12.6. The molecule has 0 radical (unpaired) electrons. The van der Waals surface area contributed by atoms with Crippen molar-refractivity contribution < 1.29 is 0 Å². The lowest BCUT2D eigenvalue weighted by Gasteiger charge is -2.05. The Bertz CT molecular complexity index is 1390. The third-order valence-corrected chi connectivity index (χ3v) is 5.10. The number of nitrogens with zero attached hydrogens (tertiary/aromatic N) is 5. The monoisotopic (exact) mass is 370 g/mol. The average molecular weight is 370 g/mol. The molecule has 0 aliphatic rings. The number of fused-ring (bicyclic) bond motifs is 2. The van der Waals surface area contributed by atoms with E-state index in [0.717, 1.165) is 39.0 Å². The maximum absolute atomic E-state index is 12.6. The number of H-pyrrole nitrogens is 1. The van der Waals surface area contributed by atoms with Gasteiger partial charge in [-0.2, -0.15) is 14.7 Å². The summed E-state index contributed by atoms with van der Waals surface area (Å²) >= 11 is 0. The molecule has 0 bridgehead atoms. The number of nitrogens with one attached hydrogen (secondary N) is 1. The Morgan fingerprint density at radius 2 is 1.96 bits per heavy atom. The molecule has 0 saturated heterocycles. The number of benzene rings is 1. The summed E-state index contributed by atoms with van der Waals surface area (Å²) in [5, 5.41) is 10.9. The number of rotatable bonds is 3. The van der Waals surface area contributed by atoms with Crippen LogP contribution in [-0.4, -0.2) is 29.4 Å². The smallest absolute Gasteiger partial charge is 0.277 e. The molecular weight excluding hydrogens is 352 g/mol. The molecule has 28 heavy (non-hydrogen) atoms. The molecule has 0 spiro atoms. The molecule has 0 saturated carbocycles. The van der Waals surface area contributed by atoms with Crippen LogP contribution in [0.15, 0.2) is 59.9 Å². The Kier molecular flexibility index (Phi) is 3.61. The van der Waals surface area contributed by atoms with Crippen LogP contribution >= 0.6 is 0 Å². The number of pyridine rings is 1. The standard InChI is InChI=1S/C21H18N6O/c1-3-16-13(2)25-20-18(11-24-27(20)21(16)28)15-10-23-26(12-15)19-17-7-5-4-6-14(17)8-9-22-19/h4-12,25H,3H2,1-2H3. The molecular formula is C21H18N6O. The Balaban J connectivity index is 1.67. The molecule has 0 unspecified atom stereocenters. The van der Waals surface area contributed by atoms with Gasteiger partial charge in [-0.3, -0.25) is 4.79 Å². The van der Waals surface area contributed by atoms with Gasteiger partial charge in [-0.25, -0.2) is 9.67 Å². The fourth-order valence-electron chi connectivity index (χ4n) is 3.66. The van der Waals surface area contributed by atoms with Crippen LogP contribution in [0, 0.1) is 6.92 Å². The quantitative estimate of drug-likeness (QED) is 0.528. The Labute approximate surface area is 160 Å². The summed E-state index contributed by atoms with van der Waals surface area (Å²) in [6.07, 6.45) is 7.82. The molecule has 0 fully saturated rings. The number of hydrogen-bond acceptors (Lipinski definition) is 4. The first kappa shape index (κ1) is 16.4. The van der Waals surface area contributed by atoms with E-state index in [0.29, 0.717) is 12.1 Å². The van der Waals surface area contributed by atoms with E-state index in [4.69, 9.17) is 0 Å². The van der Waals surface area contributed by atoms with Crippen LogP contribution in [0.5, 0.6) is 0 Å². The fourth-order valence-corrected chi connectivity index (χ4v) is 3.66. The second-order valence-corrected chi connectivity index (χ2v) is 6.74. The normalized spacial score (nSPS) is 11.5. The molecule has 4 aromatic heterocycles. The van der Waals surface area contributed by atoms with Gasteiger partial charge in [0.25, 0.3) is 5.56 Å². The van der Waals surface area contributed by atoms with Gasteiger partial charge in [0.05, 0.1) is 12.4 Å². The predicted octanol–water partition coefficient (Wildman–Crippen LogP) is 3.29. The summed E-state index contributed by atoms with van der Waals surface area (Å²) in [7, 11) is 0. The Hall–Kier alpha value is -3.74. The van der Waals surface area contributed by atoms with Crippen LogP contribution in [-0.2, 0) is 6.42 Å². The molecule has 1 N–H and O–H groups in total. The first-order chi connectivity index (χ1) is 13.7. The van der Waals surface area contributed by atoms with E-state index in [-0.39, 0.29) is 5.56 Å². The van der Waals surface area contributed by atoms with E-state index >= 15 is 0 Å². The highest BCUT2D eigenvalue weighted by atomic mass is 16.1. The van der Waals surface area contributed by atoms with Crippen molar-refractivity contribution in [3.63, 3.8) is 0 Å². The third kappa shape index (κ3) is 2.36. The molecule has 0 amide bonds. The summed E-state index contributed by atoms with van der Waals surface area (Å²) in [6, 6.07) is 10.1. The van der Waals surface area contributed by atoms with Gasteiger partial charge >= 0.3 is 0 Å². The van der Waals surface area contributed by atoms with Crippen LogP contribution < -0.4 is 5.56 Å². The topological polar surface area (TPSA) is 80.9 Å². The molecule has 138 valence electrons.